The van der Waals surface area contributed by atoms with Gasteiger partial charge < -0.3 is 33.8 Å². The minimum atomic E-state index is -4.95. The second-order valence-electron chi connectivity index (χ2n) is 26.9. The molecule has 0 aliphatic carbocycles. The van der Waals surface area contributed by atoms with Gasteiger partial charge in [-0.1, -0.05) is 318 Å². The molecule has 0 aromatic rings. The Balaban J connectivity index is 5.25. The summed E-state index contributed by atoms with van der Waals surface area (Å²) in [5, 5.41) is 10.6. The predicted octanol–water partition coefficient (Wildman–Crippen LogP) is 20.8. The highest BCUT2D eigenvalue weighted by molar-refractivity contribution is 7.47. The zero-order chi connectivity index (χ0) is 67.2. The van der Waals surface area contributed by atoms with Crippen molar-refractivity contribution < 1.29 is 80.2 Å². The van der Waals surface area contributed by atoms with Crippen LogP contribution in [0, 0.1) is 11.8 Å². The van der Waals surface area contributed by atoms with Crippen LogP contribution in [0.5, 0.6) is 0 Å². The summed E-state index contributed by atoms with van der Waals surface area (Å²) in [5.74, 6) is -0.612. The molecule has 0 fully saturated rings. The van der Waals surface area contributed by atoms with Gasteiger partial charge in [-0.25, -0.2) is 9.13 Å². The molecule has 17 nitrogen and oxygen atoms in total. The molecule has 0 aromatic heterocycles. The van der Waals surface area contributed by atoms with Crippen molar-refractivity contribution in [1.29, 1.82) is 0 Å². The van der Waals surface area contributed by atoms with Crippen LogP contribution in [0.1, 0.15) is 369 Å². The molecule has 0 aliphatic rings. The number of esters is 4. The molecule has 19 heteroatoms. The lowest BCUT2D eigenvalue weighted by molar-refractivity contribution is -0.161. The van der Waals surface area contributed by atoms with Crippen LogP contribution >= 0.6 is 15.6 Å². The average Bonchev–Trinajstić information content (AvgIpc) is 3.06. The molecule has 0 bridgehead atoms. The second-order valence-corrected chi connectivity index (χ2v) is 29.8. The van der Waals surface area contributed by atoms with E-state index < -0.39 is 97.5 Å². The Morgan fingerprint density at radius 2 is 0.505 bits per heavy atom. The first-order chi connectivity index (χ1) is 43.9. The maximum absolute atomic E-state index is 13.0. The van der Waals surface area contributed by atoms with E-state index in [9.17, 15) is 43.2 Å². The van der Waals surface area contributed by atoms with E-state index in [1.165, 1.54) is 186 Å². The number of hydrogen-bond acceptors (Lipinski definition) is 15. The smallest absolute Gasteiger partial charge is 0.462 e. The van der Waals surface area contributed by atoms with E-state index in [4.69, 9.17) is 37.0 Å². The third-order valence-corrected chi connectivity index (χ3v) is 18.6. The SMILES string of the molecule is CCCCCCCCCCCCCCCCCC(=O)O[C@H](COC(=O)CCCCCCCCCCCCCC(C)C)COP(=O)(O)OC[C@@H](O)COP(=O)(O)OC[C@@H](COC(=O)CCCCCCCCCCCC)OC(=O)CCCCCCCCCCCC(C)C. The van der Waals surface area contributed by atoms with Crippen molar-refractivity contribution in [2.24, 2.45) is 11.8 Å². The predicted molar refractivity (Wildman–Crippen MR) is 368 cm³/mol. The first-order valence-electron chi connectivity index (χ1n) is 37.5. The summed E-state index contributed by atoms with van der Waals surface area (Å²) < 4.78 is 68.4. The van der Waals surface area contributed by atoms with E-state index in [1.54, 1.807) is 0 Å². The van der Waals surface area contributed by atoms with Crippen LogP contribution in [-0.4, -0.2) is 96.7 Å². The molecule has 0 spiro atoms. The molecule has 0 aliphatic heterocycles. The number of carbonyl (C=O) groups excluding carboxylic acids is 4. The largest absolute Gasteiger partial charge is 0.472 e. The fourth-order valence-electron chi connectivity index (χ4n) is 10.9. The Kier molecular flexibility index (Phi) is 62.7. The zero-order valence-electron chi connectivity index (χ0n) is 59.1. The van der Waals surface area contributed by atoms with Crippen LogP contribution in [0.4, 0.5) is 0 Å². The minimum absolute atomic E-state index is 0.105. The van der Waals surface area contributed by atoms with Crippen molar-refractivity contribution in [3.05, 3.63) is 0 Å². The number of phosphoric acid groups is 2. The van der Waals surface area contributed by atoms with E-state index >= 15 is 0 Å². The number of ether oxygens (including phenoxy) is 4. The van der Waals surface area contributed by atoms with Gasteiger partial charge in [-0.2, -0.15) is 0 Å². The van der Waals surface area contributed by atoms with Crippen LogP contribution in [0.25, 0.3) is 0 Å². The monoisotopic (exact) mass is 1340 g/mol. The molecule has 0 radical (unpaired) electrons. The Morgan fingerprint density at radius 3 is 0.747 bits per heavy atom. The van der Waals surface area contributed by atoms with Crippen LogP contribution in [-0.2, 0) is 65.4 Å². The highest BCUT2D eigenvalue weighted by atomic mass is 31.2. The lowest BCUT2D eigenvalue weighted by atomic mass is 10.0. The molecule has 0 heterocycles. The molecule has 540 valence electrons. The van der Waals surface area contributed by atoms with Crippen molar-refractivity contribution in [2.45, 2.75) is 387 Å². The van der Waals surface area contributed by atoms with Crippen LogP contribution in [0.2, 0.25) is 0 Å². The molecule has 0 aromatic carbocycles. The number of hydrogen-bond donors (Lipinski definition) is 3. The van der Waals surface area contributed by atoms with Gasteiger partial charge in [0.25, 0.3) is 0 Å². The summed E-state index contributed by atoms with van der Waals surface area (Å²) in [4.78, 5) is 72.6. The van der Waals surface area contributed by atoms with Crippen LogP contribution in [0.3, 0.4) is 0 Å². The summed E-state index contributed by atoms with van der Waals surface area (Å²) in [6.07, 6.45) is 49.8. The zero-order valence-corrected chi connectivity index (χ0v) is 60.9. The number of carbonyl (C=O) groups is 4. The van der Waals surface area contributed by atoms with Gasteiger partial charge in [-0.05, 0) is 37.5 Å². The van der Waals surface area contributed by atoms with Crippen molar-refractivity contribution in [3.63, 3.8) is 0 Å². The van der Waals surface area contributed by atoms with E-state index in [2.05, 4.69) is 41.5 Å². The Labute approximate surface area is 556 Å². The normalized spacial score (nSPS) is 14.1. The van der Waals surface area contributed by atoms with Gasteiger partial charge in [0.2, 0.25) is 0 Å². The van der Waals surface area contributed by atoms with Gasteiger partial charge in [0.1, 0.15) is 19.3 Å². The molecule has 91 heavy (non-hydrogen) atoms. The highest BCUT2D eigenvalue weighted by Crippen LogP contribution is 2.45. The third-order valence-electron chi connectivity index (χ3n) is 16.7. The number of aliphatic hydroxyl groups excluding tert-OH is 1. The molecular weight excluding hydrogens is 1200 g/mol. The molecular formula is C72H140O17P2. The number of aliphatic hydroxyl groups is 1. The Hall–Kier alpha value is -1.94. The molecule has 0 amide bonds. The first-order valence-corrected chi connectivity index (χ1v) is 40.5. The Bertz CT molecular complexity index is 1770. The fraction of sp³-hybridized carbons (Fsp3) is 0.944. The van der Waals surface area contributed by atoms with E-state index in [1.807, 2.05) is 0 Å². The summed E-state index contributed by atoms with van der Waals surface area (Å²) in [5.41, 5.74) is 0. The van der Waals surface area contributed by atoms with Gasteiger partial charge in [-0.3, -0.25) is 37.3 Å². The van der Waals surface area contributed by atoms with Gasteiger partial charge in [-0.15, -0.1) is 0 Å². The lowest BCUT2D eigenvalue weighted by Crippen LogP contribution is -2.30. The highest BCUT2D eigenvalue weighted by Gasteiger charge is 2.30. The topological polar surface area (TPSA) is 237 Å². The van der Waals surface area contributed by atoms with Gasteiger partial charge in [0, 0.05) is 25.7 Å². The number of rotatable bonds is 71. The molecule has 0 saturated carbocycles. The standard InChI is InChI=1S/C72H140O17P2/c1-7-9-11-13-15-17-19-20-21-22-25-32-38-44-50-56-71(76)88-67(61-83-70(75)55-49-43-37-31-26-23-24-28-34-40-46-52-64(3)4)62-86-90(78,79)84-58-66(73)59-85-91(80,81)87-63-68(60-82-69(74)54-48-42-36-30-18-16-14-12-10-8-2)89-72(77)57-51-45-39-33-27-29-35-41-47-53-65(5)6/h64-68,73H,7-63H2,1-6H3,(H,78,79)(H,80,81)/t66-,67-,68-/m1/s1. The molecule has 5 atom stereocenters. The van der Waals surface area contributed by atoms with Crippen molar-refractivity contribution >= 4 is 39.5 Å². The van der Waals surface area contributed by atoms with Crippen LogP contribution < -0.4 is 0 Å². The van der Waals surface area contributed by atoms with E-state index in [0.717, 1.165) is 102 Å². The maximum atomic E-state index is 13.0. The van der Waals surface area contributed by atoms with Crippen molar-refractivity contribution in [2.75, 3.05) is 39.6 Å². The minimum Gasteiger partial charge on any atom is -0.462 e. The quantitative estimate of drug-likeness (QED) is 0.0222. The van der Waals surface area contributed by atoms with Gasteiger partial charge in [0.05, 0.1) is 26.4 Å². The Morgan fingerprint density at radius 1 is 0.297 bits per heavy atom. The van der Waals surface area contributed by atoms with Crippen molar-refractivity contribution in [1.82, 2.24) is 0 Å². The average molecular weight is 1340 g/mol. The summed E-state index contributed by atoms with van der Waals surface area (Å²) in [7, 11) is -9.90. The molecule has 0 saturated heterocycles. The number of unbranched alkanes of at least 4 members (excludes halogenated alkanes) is 41. The lowest BCUT2D eigenvalue weighted by Gasteiger charge is -2.21. The maximum Gasteiger partial charge on any atom is 0.472 e. The molecule has 2 unspecified atom stereocenters. The molecule has 0 rings (SSSR count). The molecule has 3 N–H and O–H groups in total. The second kappa shape index (κ2) is 64.1. The van der Waals surface area contributed by atoms with Gasteiger partial charge in [0.15, 0.2) is 12.2 Å². The van der Waals surface area contributed by atoms with Gasteiger partial charge >= 0.3 is 39.5 Å². The van der Waals surface area contributed by atoms with Crippen molar-refractivity contribution in [3.8, 4) is 0 Å². The summed E-state index contributed by atoms with van der Waals surface area (Å²) in [6, 6.07) is 0. The number of phosphoric ester groups is 2. The summed E-state index contributed by atoms with van der Waals surface area (Å²) >= 11 is 0. The van der Waals surface area contributed by atoms with E-state index in [0.29, 0.717) is 25.7 Å². The van der Waals surface area contributed by atoms with E-state index in [-0.39, 0.29) is 25.7 Å². The fourth-order valence-corrected chi connectivity index (χ4v) is 12.5. The van der Waals surface area contributed by atoms with Crippen LogP contribution in [0.15, 0.2) is 0 Å². The summed E-state index contributed by atoms with van der Waals surface area (Å²) in [6.45, 7) is 9.54. The third kappa shape index (κ3) is 66.5. The first kappa shape index (κ1) is 89.1.